The van der Waals surface area contributed by atoms with Crippen molar-refractivity contribution in [3.8, 4) is 0 Å². The molecule has 1 fully saturated rings. The molecule has 0 atom stereocenters. The van der Waals surface area contributed by atoms with Crippen LogP contribution < -0.4 is 4.31 Å². The zero-order valence-electron chi connectivity index (χ0n) is 14.4. The van der Waals surface area contributed by atoms with Gasteiger partial charge in [0.15, 0.2) is 0 Å². The summed E-state index contributed by atoms with van der Waals surface area (Å²) in [6, 6.07) is 11.4. The van der Waals surface area contributed by atoms with Crippen LogP contribution in [0.25, 0.3) is 10.9 Å². The Balaban J connectivity index is 1.63. The van der Waals surface area contributed by atoms with Gasteiger partial charge < -0.3 is 4.74 Å². The molecular weight excluding hydrogens is 352 g/mol. The van der Waals surface area contributed by atoms with Crippen LogP contribution in [0.4, 0.5) is 5.82 Å². The molecular formula is C18H20N4O3S. The average molecular weight is 372 g/mol. The maximum atomic E-state index is 13.0. The van der Waals surface area contributed by atoms with Crippen LogP contribution in [0.2, 0.25) is 0 Å². The summed E-state index contributed by atoms with van der Waals surface area (Å²) < 4.78 is 34.2. The van der Waals surface area contributed by atoms with Gasteiger partial charge in [-0.25, -0.2) is 13.4 Å². The van der Waals surface area contributed by atoms with Gasteiger partial charge in [-0.15, -0.1) is 0 Å². The molecule has 4 rings (SSSR count). The Morgan fingerprint density at radius 1 is 1.15 bits per heavy atom. The molecule has 136 valence electrons. The zero-order valence-corrected chi connectivity index (χ0v) is 15.3. The van der Waals surface area contributed by atoms with Crippen molar-refractivity contribution in [2.45, 2.75) is 23.8 Å². The van der Waals surface area contributed by atoms with Gasteiger partial charge in [0.2, 0.25) is 0 Å². The number of sulfonamides is 1. The van der Waals surface area contributed by atoms with E-state index < -0.39 is 10.0 Å². The molecule has 7 nitrogen and oxygen atoms in total. The van der Waals surface area contributed by atoms with E-state index in [1.807, 2.05) is 30.3 Å². The second-order valence-corrected chi connectivity index (χ2v) is 8.30. The highest BCUT2D eigenvalue weighted by Crippen LogP contribution is 2.25. The van der Waals surface area contributed by atoms with Gasteiger partial charge in [0.25, 0.3) is 10.0 Å². The van der Waals surface area contributed by atoms with Crippen LogP contribution in [0.1, 0.15) is 18.9 Å². The summed E-state index contributed by atoms with van der Waals surface area (Å²) in [6.45, 7) is 1.35. The first-order valence-electron chi connectivity index (χ1n) is 8.52. The monoisotopic (exact) mass is 372 g/mol. The van der Waals surface area contributed by atoms with Crippen LogP contribution in [0, 0.1) is 0 Å². The Kier molecular flexibility index (Phi) is 4.37. The topological polar surface area (TPSA) is 77.3 Å². The van der Waals surface area contributed by atoms with Gasteiger partial charge >= 0.3 is 0 Å². The van der Waals surface area contributed by atoms with Crippen LogP contribution >= 0.6 is 0 Å². The standard InChI is InChI=1S/C18H20N4O3S/c1-21(18-7-6-14-4-2-3-5-17(14)20-18)26(23,24)16-12-19-22(13-16)15-8-10-25-11-9-15/h2-7,12-13,15H,8-11H2,1H3. The molecule has 0 saturated carbocycles. The summed E-state index contributed by atoms with van der Waals surface area (Å²) in [5.41, 5.74) is 0.755. The fourth-order valence-corrected chi connectivity index (χ4v) is 4.20. The van der Waals surface area contributed by atoms with Gasteiger partial charge in [0.05, 0.1) is 17.8 Å². The summed E-state index contributed by atoms with van der Waals surface area (Å²) in [4.78, 5) is 4.63. The lowest BCUT2D eigenvalue weighted by Gasteiger charge is -2.22. The van der Waals surface area contributed by atoms with Crippen molar-refractivity contribution in [3.63, 3.8) is 0 Å². The molecule has 1 aromatic carbocycles. The number of hydrogen-bond donors (Lipinski definition) is 0. The third-order valence-corrected chi connectivity index (χ3v) is 6.42. The smallest absolute Gasteiger partial charge is 0.268 e. The number of pyridine rings is 1. The van der Waals surface area contributed by atoms with Gasteiger partial charge in [-0.2, -0.15) is 5.10 Å². The van der Waals surface area contributed by atoms with E-state index in [1.165, 1.54) is 17.5 Å². The van der Waals surface area contributed by atoms with Crippen LogP contribution in [-0.2, 0) is 14.8 Å². The lowest BCUT2D eigenvalue weighted by Crippen LogP contribution is -2.27. The quantitative estimate of drug-likeness (QED) is 0.703. The molecule has 0 spiro atoms. The van der Waals surface area contributed by atoms with Crippen molar-refractivity contribution >= 4 is 26.7 Å². The number of para-hydroxylation sites is 1. The van der Waals surface area contributed by atoms with Crippen molar-refractivity contribution in [1.82, 2.24) is 14.8 Å². The SMILES string of the molecule is CN(c1ccc2ccccc2n1)S(=O)(=O)c1cnn(C2CCOCC2)c1. The minimum absolute atomic E-state index is 0.168. The maximum absolute atomic E-state index is 13.0. The van der Waals surface area contributed by atoms with Crippen LogP contribution in [0.3, 0.4) is 0 Å². The van der Waals surface area contributed by atoms with E-state index >= 15 is 0 Å². The molecule has 0 amide bonds. The molecule has 1 saturated heterocycles. The van der Waals surface area contributed by atoms with Gasteiger partial charge in [-0.1, -0.05) is 18.2 Å². The third-order valence-electron chi connectivity index (χ3n) is 4.71. The van der Waals surface area contributed by atoms with E-state index in [0.717, 1.165) is 23.7 Å². The highest BCUT2D eigenvalue weighted by Gasteiger charge is 2.26. The van der Waals surface area contributed by atoms with E-state index in [1.54, 1.807) is 16.9 Å². The molecule has 8 heteroatoms. The zero-order chi connectivity index (χ0) is 18.1. The number of nitrogens with zero attached hydrogens (tertiary/aromatic N) is 4. The second-order valence-electron chi connectivity index (χ2n) is 6.33. The molecule has 1 aliphatic rings. The molecule has 0 N–H and O–H groups in total. The number of anilines is 1. The fourth-order valence-electron chi connectivity index (χ4n) is 3.12. The summed E-state index contributed by atoms with van der Waals surface area (Å²) in [6.07, 6.45) is 4.68. The van der Waals surface area contributed by atoms with Crippen molar-refractivity contribution in [2.75, 3.05) is 24.6 Å². The van der Waals surface area contributed by atoms with Crippen molar-refractivity contribution in [2.24, 2.45) is 0 Å². The molecule has 2 aromatic heterocycles. The number of ether oxygens (including phenoxy) is 1. The van der Waals surface area contributed by atoms with Crippen molar-refractivity contribution in [3.05, 3.63) is 48.8 Å². The Morgan fingerprint density at radius 3 is 2.73 bits per heavy atom. The Labute approximate surface area is 152 Å². The summed E-state index contributed by atoms with van der Waals surface area (Å²) >= 11 is 0. The summed E-state index contributed by atoms with van der Waals surface area (Å²) in [5, 5.41) is 5.23. The molecule has 0 unspecified atom stereocenters. The van der Waals surface area contributed by atoms with E-state index in [4.69, 9.17) is 4.74 Å². The lowest BCUT2D eigenvalue weighted by molar-refractivity contribution is 0.0662. The van der Waals surface area contributed by atoms with E-state index in [0.29, 0.717) is 19.0 Å². The molecule has 26 heavy (non-hydrogen) atoms. The Morgan fingerprint density at radius 2 is 1.92 bits per heavy atom. The predicted molar refractivity (Wildman–Crippen MR) is 98.6 cm³/mol. The maximum Gasteiger partial charge on any atom is 0.268 e. The first-order chi connectivity index (χ1) is 12.6. The minimum Gasteiger partial charge on any atom is -0.381 e. The number of aromatic nitrogens is 3. The van der Waals surface area contributed by atoms with Gasteiger partial charge in [0.1, 0.15) is 10.7 Å². The van der Waals surface area contributed by atoms with Crippen molar-refractivity contribution in [1.29, 1.82) is 0 Å². The molecule has 0 radical (unpaired) electrons. The van der Waals surface area contributed by atoms with Gasteiger partial charge in [-0.3, -0.25) is 8.99 Å². The highest BCUT2D eigenvalue weighted by molar-refractivity contribution is 7.92. The molecule has 0 aliphatic carbocycles. The summed E-state index contributed by atoms with van der Waals surface area (Å²) in [5.74, 6) is 0.377. The van der Waals surface area contributed by atoms with Crippen LogP contribution in [0.15, 0.2) is 53.7 Å². The number of rotatable bonds is 4. The summed E-state index contributed by atoms with van der Waals surface area (Å²) in [7, 11) is -2.21. The fraction of sp³-hybridized carbons (Fsp3) is 0.333. The first-order valence-corrected chi connectivity index (χ1v) is 9.96. The number of fused-ring (bicyclic) bond motifs is 1. The first kappa shape index (κ1) is 17.0. The van der Waals surface area contributed by atoms with Crippen LogP contribution in [-0.4, -0.2) is 43.4 Å². The average Bonchev–Trinajstić information content (AvgIpc) is 3.19. The Bertz CT molecular complexity index is 1030. The number of benzene rings is 1. The van der Waals surface area contributed by atoms with Crippen molar-refractivity contribution < 1.29 is 13.2 Å². The lowest BCUT2D eigenvalue weighted by atomic mass is 10.1. The molecule has 3 heterocycles. The minimum atomic E-state index is -3.72. The predicted octanol–water partition coefficient (Wildman–Crippen LogP) is 2.61. The second kappa shape index (κ2) is 6.69. The van der Waals surface area contributed by atoms with E-state index in [2.05, 4.69) is 10.1 Å². The normalized spacial score (nSPS) is 16.0. The molecule has 1 aliphatic heterocycles. The van der Waals surface area contributed by atoms with E-state index in [9.17, 15) is 8.42 Å². The largest absolute Gasteiger partial charge is 0.381 e. The Hall–Kier alpha value is -2.45. The number of hydrogen-bond acceptors (Lipinski definition) is 5. The molecule has 0 bridgehead atoms. The van der Waals surface area contributed by atoms with Gasteiger partial charge in [0, 0.05) is 31.8 Å². The highest BCUT2D eigenvalue weighted by atomic mass is 32.2. The third kappa shape index (κ3) is 3.06. The van der Waals surface area contributed by atoms with E-state index in [-0.39, 0.29) is 10.9 Å². The van der Waals surface area contributed by atoms with Gasteiger partial charge in [-0.05, 0) is 31.0 Å². The molecule has 3 aromatic rings. The van der Waals surface area contributed by atoms with Crippen LogP contribution in [0.5, 0.6) is 0 Å².